The number of nitrogens with zero attached hydrogens (tertiary/aromatic N) is 1. The van der Waals surface area contributed by atoms with Crippen LogP contribution in [0.5, 0.6) is 0 Å². The van der Waals surface area contributed by atoms with Crippen LogP contribution in [0, 0.1) is 12.3 Å². The Morgan fingerprint density at radius 3 is 1.93 bits per heavy atom. The largest absolute Gasteiger partial charge is 0.337 e. The Morgan fingerprint density at radius 1 is 0.931 bits per heavy atom. The van der Waals surface area contributed by atoms with Gasteiger partial charge in [0.05, 0.1) is 6.54 Å². The molecule has 0 bridgehead atoms. The molecular formula is C26H31NOS. The number of amides is 1. The highest BCUT2D eigenvalue weighted by atomic mass is 32.1. The molecule has 0 atom stereocenters. The highest BCUT2D eigenvalue weighted by Crippen LogP contribution is 2.30. The Kier molecular flexibility index (Phi) is 6.92. The smallest absolute Gasteiger partial charge is 0.228 e. The third kappa shape index (κ3) is 5.57. The number of benzene rings is 2. The lowest BCUT2D eigenvalue weighted by atomic mass is 9.88. The molecule has 0 saturated heterocycles. The summed E-state index contributed by atoms with van der Waals surface area (Å²) in [5, 5.41) is 2.11. The fraction of sp³-hybridized carbons (Fsp3) is 0.346. The van der Waals surface area contributed by atoms with E-state index >= 15 is 0 Å². The summed E-state index contributed by atoms with van der Waals surface area (Å²) in [5.74, 6) is 0.488. The van der Waals surface area contributed by atoms with Crippen LogP contribution in [0.2, 0.25) is 0 Å². The second-order valence-corrected chi connectivity index (χ2v) is 9.67. The summed E-state index contributed by atoms with van der Waals surface area (Å²) < 4.78 is 0. The van der Waals surface area contributed by atoms with E-state index in [1.54, 1.807) is 11.3 Å². The van der Waals surface area contributed by atoms with Crippen LogP contribution in [0.1, 0.15) is 54.7 Å². The third-order valence-corrected chi connectivity index (χ3v) is 6.33. The van der Waals surface area contributed by atoms with E-state index in [0.717, 1.165) is 13.0 Å². The van der Waals surface area contributed by atoms with Crippen LogP contribution >= 0.6 is 11.3 Å². The summed E-state index contributed by atoms with van der Waals surface area (Å²) in [6.45, 7) is 9.58. The molecule has 0 unspecified atom stereocenters. The van der Waals surface area contributed by atoms with Gasteiger partial charge in [-0.3, -0.25) is 4.79 Å². The number of rotatable bonds is 7. The van der Waals surface area contributed by atoms with Gasteiger partial charge >= 0.3 is 0 Å². The monoisotopic (exact) mass is 405 g/mol. The number of carbonyl (C=O) groups excluding carboxylic acids is 1. The van der Waals surface area contributed by atoms with E-state index in [-0.39, 0.29) is 17.2 Å². The van der Waals surface area contributed by atoms with Gasteiger partial charge in [0.25, 0.3) is 0 Å². The van der Waals surface area contributed by atoms with Gasteiger partial charge in [-0.15, -0.1) is 11.3 Å². The molecule has 3 heteroatoms. The minimum atomic E-state index is -0.389. The molecule has 29 heavy (non-hydrogen) atoms. The quantitative estimate of drug-likeness (QED) is 0.431. The molecule has 1 aromatic heterocycles. The first-order valence-electron chi connectivity index (χ1n) is 10.3. The van der Waals surface area contributed by atoms with Crippen LogP contribution in [0.4, 0.5) is 0 Å². The molecule has 152 valence electrons. The lowest BCUT2D eigenvalue weighted by Crippen LogP contribution is -2.40. The SMILES string of the molecule is Cc1ccsc1CN(CCC(c1ccccc1)c1ccccc1)C(=O)C(C)(C)C. The summed E-state index contributed by atoms with van der Waals surface area (Å²) >= 11 is 1.74. The van der Waals surface area contributed by atoms with Gasteiger partial charge in [-0.1, -0.05) is 81.4 Å². The van der Waals surface area contributed by atoms with E-state index in [0.29, 0.717) is 6.54 Å². The van der Waals surface area contributed by atoms with Gasteiger partial charge in [-0.05, 0) is 41.5 Å². The van der Waals surface area contributed by atoms with E-state index in [1.807, 2.05) is 20.8 Å². The van der Waals surface area contributed by atoms with Crippen LogP contribution in [0.3, 0.4) is 0 Å². The normalized spacial score (nSPS) is 11.6. The van der Waals surface area contributed by atoms with Gasteiger partial charge < -0.3 is 4.90 Å². The number of hydrogen-bond acceptors (Lipinski definition) is 2. The molecule has 0 fully saturated rings. The first kappa shape index (κ1) is 21.3. The molecule has 0 N–H and O–H groups in total. The van der Waals surface area contributed by atoms with Crippen molar-refractivity contribution in [1.82, 2.24) is 4.90 Å². The highest BCUT2D eigenvalue weighted by Gasteiger charge is 2.28. The van der Waals surface area contributed by atoms with Crippen molar-refractivity contribution in [2.24, 2.45) is 5.41 Å². The van der Waals surface area contributed by atoms with Crippen molar-refractivity contribution >= 4 is 17.2 Å². The zero-order valence-electron chi connectivity index (χ0n) is 17.9. The zero-order chi connectivity index (χ0) is 20.9. The van der Waals surface area contributed by atoms with Crippen molar-refractivity contribution in [2.75, 3.05) is 6.54 Å². The van der Waals surface area contributed by atoms with E-state index < -0.39 is 0 Å². The van der Waals surface area contributed by atoms with Crippen molar-refractivity contribution in [3.8, 4) is 0 Å². The van der Waals surface area contributed by atoms with Gasteiger partial charge in [0.1, 0.15) is 0 Å². The molecular weight excluding hydrogens is 374 g/mol. The molecule has 2 aromatic carbocycles. The van der Waals surface area contributed by atoms with Crippen LogP contribution in [-0.4, -0.2) is 17.4 Å². The lowest BCUT2D eigenvalue weighted by molar-refractivity contribution is -0.140. The Labute approximate surface area is 179 Å². The van der Waals surface area contributed by atoms with Gasteiger partial charge in [0.2, 0.25) is 5.91 Å². The molecule has 1 heterocycles. The fourth-order valence-corrected chi connectivity index (χ4v) is 4.57. The van der Waals surface area contributed by atoms with Crippen LogP contribution in [0.15, 0.2) is 72.1 Å². The molecule has 0 aliphatic carbocycles. The number of aryl methyl sites for hydroxylation is 1. The fourth-order valence-electron chi connectivity index (χ4n) is 3.65. The molecule has 0 spiro atoms. The summed E-state index contributed by atoms with van der Waals surface area (Å²) in [4.78, 5) is 16.5. The summed E-state index contributed by atoms with van der Waals surface area (Å²) in [7, 11) is 0. The minimum absolute atomic E-state index is 0.213. The molecule has 0 radical (unpaired) electrons. The molecule has 0 aliphatic rings. The first-order chi connectivity index (χ1) is 13.9. The topological polar surface area (TPSA) is 20.3 Å². The zero-order valence-corrected chi connectivity index (χ0v) is 18.7. The predicted molar refractivity (Wildman–Crippen MR) is 123 cm³/mol. The summed E-state index contributed by atoms with van der Waals surface area (Å²) in [6, 6.07) is 23.4. The van der Waals surface area contributed by atoms with Gasteiger partial charge in [0.15, 0.2) is 0 Å². The van der Waals surface area contributed by atoms with Gasteiger partial charge in [-0.2, -0.15) is 0 Å². The summed E-state index contributed by atoms with van der Waals surface area (Å²) in [6.07, 6.45) is 0.903. The van der Waals surface area contributed by atoms with Gasteiger partial charge in [0, 0.05) is 22.8 Å². The minimum Gasteiger partial charge on any atom is -0.337 e. The van der Waals surface area contributed by atoms with Gasteiger partial charge in [-0.25, -0.2) is 0 Å². The Hall–Kier alpha value is -2.39. The summed E-state index contributed by atoms with van der Waals surface area (Å²) in [5.41, 5.74) is 3.48. The second kappa shape index (κ2) is 9.41. The van der Waals surface area contributed by atoms with Crippen LogP contribution in [-0.2, 0) is 11.3 Å². The molecule has 0 aliphatic heterocycles. The number of hydrogen-bond donors (Lipinski definition) is 0. The molecule has 1 amide bonds. The van der Waals surface area contributed by atoms with E-state index in [2.05, 4.69) is 83.9 Å². The van der Waals surface area contributed by atoms with Crippen molar-refractivity contribution in [1.29, 1.82) is 0 Å². The van der Waals surface area contributed by atoms with E-state index in [9.17, 15) is 4.79 Å². The molecule has 2 nitrogen and oxygen atoms in total. The Bertz CT molecular complexity index is 869. The van der Waals surface area contributed by atoms with Crippen LogP contribution < -0.4 is 0 Å². The maximum absolute atomic E-state index is 13.2. The lowest BCUT2D eigenvalue weighted by Gasteiger charge is -2.31. The Balaban J connectivity index is 1.85. The number of carbonyl (C=O) groups is 1. The molecule has 0 saturated carbocycles. The second-order valence-electron chi connectivity index (χ2n) is 8.67. The highest BCUT2D eigenvalue weighted by molar-refractivity contribution is 7.10. The molecule has 3 aromatic rings. The van der Waals surface area contributed by atoms with Crippen molar-refractivity contribution in [3.05, 3.63) is 93.7 Å². The van der Waals surface area contributed by atoms with Crippen LogP contribution in [0.25, 0.3) is 0 Å². The number of thiophene rings is 1. The van der Waals surface area contributed by atoms with Crippen molar-refractivity contribution in [2.45, 2.75) is 46.6 Å². The molecule has 3 rings (SSSR count). The van der Waals surface area contributed by atoms with E-state index in [1.165, 1.54) is 21.6 Å². The maximum Gasteiger partial charge on any atom is 0.228 e. The average molecular weight is 406 g/mol. The van der Waals surface area contributed by atoms with E-state index in [4.69, 9.17) is 0 Å². The van der Waals surface area contributed by atoms with Crippen molar-refractivity contribution < 1.29 is 4.79 Å². The average Bonchev–Trinajstić information content (AvgIpc) is 3.12. The first-order valence-corrected chi connectivity index (χ1v) is 11.2. The standard InChI is InChI=1S/C26H31NOS/c1-20-16-18-29-24(20)19-27(25(28)26(2,3)4)17-15-23(21-11-7-5-8-12-21)22-13-9-6-10-14-22/h5-14,16,18,23H,15,17,19H2,1-4H3. The predicted octanol–water partition coefficient (Wildman–Crippen LogP) is 6.65. The Morgan fingerprint density at radius 2 is 1.48 bits per heavy atom. The maximum atomic E-state index is 13.2. The third-order valence-electron chi connectivity index (χ3n) is 5.32. The van der Waals surface area contributed by atoms with Crippen molar-refractivity contribution in [3.63, 3.8) is 0 Å².